The van der Waals surface area contributed by atoms with Crippen LogP contribution in [0.5, 0.6) is 5.75 Å². The fraction of sp³-hybridized carbons (Fsp3) is 0.391. The smallest absolute Gasteiger partial charge is 0.234 e. The summed E-state index contributed by atoms with van der Waals surface area (Å²) in [5, 5.41) is 11.3. The lowest BCUT2D eigenvalue weighted by Gasteiger charge is -2.30. The van der Waals surface area contributed by atoms with E-state index in [1.165, 1.54) is 0 Å². The van der Waals surface area contributed by atoms with Gasteiger partial charge in [0.05, 0.1) is 25.2 Å². The third-order valence-electron chi connectivity index (χ3n) is 5.53. The first-order valence-electron chi connectivity index (χ1n) is 9.86. The molecule has 5 nitrogen and oxygen atoms in total. The molecule has 0 radical (unpaired) electrons. The van der Waals surface area contributed by atoms with Gasteiger partial charge < -0.3 is 14.7 Å². The molecule has 2 aromatic rings. The lowest BCUT2D eigenvalue weighted by Crippen LogP contribution is -2.46. The molecule has 1 amide bonds. The van der Waals surface area contributed by atoms with Gasteiger partial charge in [0.25, 0.3) is 0 Å². The van der Waals surface area contributed by atoms with E-state index >= 15 is 0 Å². The van der Waals surface area contributed by atoms with Crippen LogP contribution >= 0.6 is 12.2 Å². The van der Waals surface area contributed by atoms with E-state index in [0.717, 1.165) is 5.69 Å². The van der Waals surface area contributed by atoms with E-state index < -0.39 is 12.0 Å². The minimum atomic E-state index is -0.921. The number of carbonyl (C=O) groups excluding carboxylic acids is 1. The van der Waals surface area contributed by atoms with Gasteiger partial charge >= 0.3 is 0 Å². The van der Waals surface area contributed by atoms with E-state index in [0.29, 0.717) is 23.0 Å². The number of nitrogens with zero attached hydrogens (tertiary/aromatic N) is 2. The van der Waals surface area contributed by atoms with Crippen LogP contribution in [0.3, 0.4) is 0 Å². The molecule has 1 aliphatic rings. The second-order valence-electron chi connectivity index (χ2n) is 7.76. The Balaban J connectivity index is 1.83. The summed E-state index contributed by atoms with van der Waals surface area (Å²) < 4.78 is 5.17. The minimum absolute atomic E-state index is 0.0410. The molecule has 0 aliphatic carbocycles. The van der Waals surface area contributed by atoms with Gasteiger partial charge in [0.1, 0.15) is 5.75 Å². The van der Waals surface area contributed by atoms with Crippen molar-refractivity contribution in [1.29, 1.82) is 0 Å². The molecule has 1 aliphatic heterocycles. The molecule has 0 unspecified atom stereocenters. The van der Waals surface area contributed by atoms with Crippen LogP contribution in [0.15, 0.2) is 54.6 Å². The molecule has 1 saturated heterocycles. The van der Waals surface area contributed by atoms with Crippen LogP contribution in [0.25, 0.3) is 0 Å². The molecule has 154 valence electrons. The topological polar surface area (TPSA) is 53.0 Å². The van der Waals surface area contributed by atoms with Crippen molar-refractivity contribution in [2.45, 2.75) is 32.9 Å². The Morgan fingerprint density at radius 1 is 1.10 bits per heavy atom. The van der Waals surface area contributed by atoms with Crippen molar-refractivity contribution in [2.24, 2.45) is 11.8 Å². The Bertz CT molecular complexity index is 854. The summed E-state index contributed by atoms with van der Waals surface area (Å²) in [5.41, 5.74) is 1.65. The standard InChI is InChI=1S/C23H28N2O3S/c1-15(2)20-14-24(18-8-6-5-7-9-18)23(29)25(20)22(27)16(3)21(26)17-10-12-19(28-4)13-11-17/h5-13,15-16,20-21,26H,14H2,1-4H3/t16-,20-,21-/m1/s1. The number of hydrogen-bond acceptors (Lipinski definition) is 4. The van der Waals surface area contributed by atoms with Crippen LogP contribution in [-0.2, 0) is 4.79 Å². The van der Waals surface area contributed by atoms with Gasteiger partial charge in [-0.15, -0.1) is 0 Å². The maximum Gasteiger partial charge on any atom is 0.234 e. The minimum Gasteiger partial charge on any atom is -0.497 e. The van der Waals surface area contributed by atoms with Gasteiger partial charge in [-0.3, -0.25) is 9.69 Å². The second-order valence-corrected chi connectivity index (χ2v) is 8.12. The molecule has 29 heavy (non-hydrogen) atoms. The molecule has 1 fully saturated rings. The van der Waals surface area contributed by atoms with Crippen LogP contribution in [0.2, 0.25) is 0 Å². The molecule has 6 heteroatoms. The zero-order valence-corrected chi connectivity index (χ0v) is 18.1. The molecule has 1 heterocycles. The highest BCUT2D eigenvalue weighted by atomic mass is 32.1. The molecular formula is C23H28N2O3S. The van der Waals surface area contributed by atoms with Gasteiger partial charge in [0.15, 0.2) is 5.11 Å². The highest BCUT2D eigenvalue weighted by Crippen LogP contribution is 2.32. The number of aliphatic hydroxyl groups excluding tert-OH is 1. The van der Waals surface area contributed by atoms with Crippen molar-refractivity contribution in [3.8, 4) is 5.75 Å². The van der Waals surface area contributed by atoms with E-state index in [1.54, 1.807) is 43.2 Å². The molecule has 0 spiro atoms. The quantitative estimate of drug-likeness (QED) is 0.726. The zero-order chi connectivity index (χ0) is 21.1. The SMILES string of the molecule is COc1ccc([C@H](O)[C@@H](C)C(=O)N2C(=S)N(c3ccccc3)C[C@@H]2C(C)C)cc1. The van der Waals surface area contributed by atoms with E-state index in [1.807, 2.05) is 35.2 Å². The van der Waals surface area contributed by atoms with Crippen molar-refractivity contribution in [3.05, 3.63) is 60.2 Å². The molecule has 1 N–H and O–H groups in total. The van der Waals surface area contributed by atoms with Crippen LogP contribution in [0.1, 0.15) is 32.4 Å². The Hall–Kier alpha value is -2.44. The number of ether oxygens (including phenoxy) is 1. The number of amides is 1. The summed E-state index contributed by atoms with van der Waals surface area (Å²) in [6, 6.07) is 17.0. The summed E-state index contributed by atoms with van der Waals surface area (Å²) in [7, 11) is 1.59. The predicted molar refractivity (Wildman–Crippen MR) is 119 cm³/mol. The number of para-hydroxylation sites is 1. The van der Waals surface area contributed by atoms with Gasteiger partial charge in [-0.2, -0.15) is 0 Å². The van der Waals surface area contributed by atoms with Crippen molar-refractivity contribution >= 4 is 28.9 Å². The summed E-state index contributed by atoms with van der Waals surface area (Å²) in [5.74, 6) is 0.156. The van der Waals surface area contributed by atoms with Crippen molar-refractivity contribution < 1.29 is 14.6 Å². The van der Waals surface area contributed by atoms with Crippen molar-refractivity contribution in [3.63, 3.8) is 0 Å². The van der Waals surface area contributed by atoms with Crippen LogP contribution < -0.4 is 9.64 Å². The monoisotopic (exact) mass is 412 g/mol. The second kappa shape index (κ2) is 8.93. The highest BCUT2D eigenvalue weighted by Gasteiger charge is 2.43. The number of anilines is 1. The van der Waals surface area contributed by atoms with E-state index in [9.17, 15) is 9.90 Å². The molecule has 0 aromatic heterocycles. The molecular weight excluding hydrogens is 384 g/mol. The van der Waals surface area contributed by atoms with Gasteiger partial charge in [0, 0.05) is 12.2 Å². The first-order valence-corrected chi connectivity index (χ1v) is 10.3. The fourth-order valence-corrected chi connectivity index (χ4v) is 4.06. The highest BCUT2D eigenvalue weighted by molar-refractivity contribution is 7.80. The van der Waals surface area contributed by atoms with Crippen molar-refractivity contribution in [2.75, 3.05) is 18.6 Å². The number of hydrogen-bond donors (Lipinski definition) is 1. The van der Waals surface area contributed by atoms with Crippen LogP contribution in [0.4, 0.5) is 5.69 Å². The average Bonchev–Trinajstić information content (AvgIpc) is 3.10. The zero-order valence-electron chi connectivity index (χ0n) is 17.3. The van der Waals surface area contributed by atoms with Gasteiger partial charge in [0.2, 0.25) is 5.91 Å². The largest absolute Gasteiger partial charge is 0.497 e. The summed E-state index contributed by atoms with van der Waals surface area (Å²) in [6.07, 6.45) is -0.921. The Labute approximate surface area is 177 Å². The maximum absolute atomic E-state index is 13.4. The number of rotatable bonds is 6. The Morgan fingerprint density at radius 3 is 2.28 bits per heavy atom. The first kappa shape index (κ1) is 21.3. The number of methoxy groups -OCH3 is 1. The lowest BCUT2D eigenvalue weighted by atomic mass is 9.94. The van der Waals surface area contributed by atoms with Gasteiger partial charge in [-0.25, -0.2) is 0 Å². The van der Waals surface area contributed by atoms with Crippen LogP contribution in [-0.4, -0.2) is 40.7 Å². The average molecular weight is 413 g/mol. The molecule has 2 aromatic carbocycles. The first-order chi connectivity index (χ1) is 13.8. The lowest BCUT2D eigenvalue weighted by molar-refractivity contribution is -0.136. The third kappa shape index (κ3) is 4.28. The Morgan fingerprint density at radius 2 is 1.72 bits per heavy atom. The summed E-state index contributed by atoms with van der Waals surface area (Å²) in [6.45, 7) is 6.58. The number of benzene rings is 2. The maximum atomic E-state index is 13.4. The van der Waals surface area contributed by atoms with Gasteiger partial charge in [-0.05, 0) is 48.0 Å². The van der Waals surface area contributed by atoms with E-state index in [2.05, 4.69) is 13.8 Å². The van der Waals surface area contributed by atoms with Gasteiger partial charge in [-0.1, -0.05) is 51.1 Å². The molecule has 3 rings (SSSR count). The molecule has 3 atom stereocenters. The van der Waals surface area contributed by atoms with E-state index in [-0.39, 0.29) is 17.9 Å². The predicted octanol–water partition coefficient (Wildman–Crippen LogP) is 4.02. The number of thiocarbonyl (C=S) groups is 1. The molecule has 0 bridgehead atoms. The number of carbonyl (C=O) groups is 1. The number of aliphatic hydroxyl groups is 1. The van der Waals surface area contributed by atoms with Crippen LogP contribution in [0, 0.1) is 11.8 Å². The van der Waals surface area contributed by atoms with E-state index in [4.69, 9.17) is 17.0 Å². The summed E-state index contributed by atoms with van der Waals surface area (Å²) >= 11 is 5.70. The fourth-order valence-electron chi connectivity index (χ4n) is 3.65. The molecule has 0 saturated carbocycles. The van der Waals surface area contributed by atoms with Crippen molar-refractivity contribution in [1.82, 2.24) is 4.90 Å². The third-order valence-corrected chi connectivity index (χ3v) is 5.95. The summed E-state index contributed by atoms with van der Waals surface area (Å²) in [4.78, 5) is 17.1. The Kier molecular flexibility index (Phi) is 6.55. The normalized spacial score (nSPS) is 18.8.